The van der Waals surface area contributed by atoms with Gasteiger partial charge in [0.1, 0.15) is 6.04 Å². The van der Waals surface area contributed by atoms with Crippen molar-refractivity contribution in [2.24, 2.45) is 0 Å². The number of benzene rings is 1. The molecule has 1 saturated heterocycles. The van der Waals surface area contributed by atoms with Crippen molar-refractivity contribution >= 4 is 15.7 Å². The van der Waals surface area contributed by atoms with Gasteiger partial charge in [-0.3, -0.25) is 15.4 Å². The van der Waals surface area contributed by atoms with Crippen LogP contribution in [0, 0.1) is 21.4 Å². The number of rotatable bonds is 3. The first-order chi connectivity index (χ1) is 10.2. The van der Waals surface area contributed by atoms with Crippen molar-refractivity contribution in [3.63, 3.8) is 0 Å². The molecule has 9 heteroatoms. The first-order valence-corrected chi connectivity index (χ1v) is 8.02. The number of non-ortho nitro benzene ring substituents is 1. The van der Waals surface area contributed by atoms with E-state index in [-0.39, 0.29) is 23.7 Å². The van der Waals surface area contributed by atoms with Gasteiger partial charge in [0.25, 0.3) is 5.69 Å². The standard InChI is InChI=1S/C13H16N4O4S/c1-13(2)9-16(8-10(7-14)15-13)22(20,21)12-5-3-11(4-6-12)17(18)19/h3-6,10,15H,8-9H2,1-2H3. The van der Waals surface area contributed by atoms with Gasteiger partial charge in [0.15, 0.2) is 0 Å². The fourth-order valence-electron chi connectivity index (χ4n) is 2.42. The topological polar surface area (TPSA) is 116 Å². The number of nitriles is 1. The minimum atomic E-state index is -3.80. The van der Waals surface area contributed by atoms with E-state index >= 15 is 0 Å². The molecule has 1 atom stereocenters. The number of nitrogens with one attached hydrogen (secondary N) is 1. The molecule has 0 aromatic heterocycles. The van der Waals surface area contributed by atoms with Crippen LogP contribution in [0.25, 0.3) is 0 Å². The Hall–Kier alpha value is -2.02. The molecule has 8 nitrogen and oxygen atoms in total. The van der Waals surface area contributed by atoms with E-state index in [1.807, 2.05) is 19.9 Å². The molecule has 1 aromatic rings. The highest BCUT2D eigenvalue weighted by Crippen LogP contribution is 2.24. The zero-order valence-corrected chi connectivity index (χ0v) is 13.0. The van der Waals surface area contributed by atoms with Gasteiger partial charge in [-0.15, -0.1) is 0 Å². The summed E-state index contributed by atoms with van der Waals surface area (Å²) in [4.78, 5) is 10.0. The van der Waals surface area contributed by atoms with Crippen molar-refractivity contribution in [1.29, 1.82) is 5.26 Å². The maximum atomic E-state index is 12.6. The lowest BCUT2D eigenvalue weighted by Crippen LogP contribution is -2.62. The SMILES string of the molecule is CC1(C)CN(S(=O)(=O)c2ccc([N+](=O)[O-])cc2)CC(C#N)N1. The van der Waals surface area contributed by atoms with Gasteiger partial charge in [-0.1, -0.05) is 0 Å². The van der Waals surface area contributed by atoms with E-state index in [9.17, 15) is 18.5 Å². The quantitative estimate of drug-likeness (QED) is 0.651. The van der Waals surface area contributed by atoms with Crippen molar-refractivity contribution in [3.8, 4) is 6.07 Å². The van der Waals surface area contributed by atoms with Gasteiger partial charge in [0.05, 0.1) is 15.9 Å². The van der Waals surface area contributed by atoms with Crippen LogP contribution < -0.4 is 5.32 Å². The molecule has 1 N–H and O–H groups in total. The molecule has 1 fully saturated rings. The molecule has 1 unspecified atom stereocenters. The normalized spacial score (nSPS) is 22.0. The molecule has 22 heavy (non-hydrogen) atoms. The second-order valence-electron chi connectivity index (χ2n) is 5.76. The second kappa shape index (κ2) is 5.64. The monoisotopic (exact) mass is 324 g/mol. The Morgan fingerprint density at radius 3 is 2.50 bits per heavy atom. The van der Waals surface area contributed by atoms with Gasteiger partial charge >= 0.3 is 0 Å². The zero-order valence-electron chi connectivity index (χ0n) is 12.2. The first-order valence-electron chi connectivity index (χ1n) is 6.58. The van der Waals surface area contributed by atoms with Crippen LogP contribution in [0.2, 0.25) is 0 Å². The molecule has 1 aromatic carbocycles. The van der Waals surface area contributed by atoms with Crippen LogP contribution in [0.5, 0.6) is 0 Å². The predicted octanol–water partition coefficient (Wildman–Crippen LogP) is 0.859. The summed E-state index contributed by atoms with van der Waals surface area (Å²) in [5.74, 6) is 0. The van der Waals surface area contributed by atoms with Gasteiger partial charge in [0.2, 0.25) is 10.0 Å². The molecule has 0 spiro atoms. The van der Waals surface area contributed by atoms with Crippen molar-refractivity contribution in [3.05, 3.63) is 34.4 Å². The Kier molecular flexibility index (Phi) is 4.19. The van der Waals surface area contributed by atoms with Gasteiger partial charge in [-0.25, -0.2) is 8.42 Å². The Balaban J connectivity index is 2.33. The number of nitro groups is 1. The van der Waals surface area contributed by atoms with Crippen molar-refractivity contribution in [2.45, 2.75) is 30.3 Å². The number of hydrogen-bond donors (Lipinski definition) is 1. The summed E-state index contributed by atoms with van der Waals surface area (Å²) in [6.07, 6.45) is 0. The number of nitro benzene ring substituents is 1. The van der Waals surface area contributed by atoms with Crippen LogP contribution in [0.15, 0.2) is 29.2 Å². The zero-order chi connectivity index (χ0) is 16.5. The number of hydrogen-bond acceptors (Lipinski definition) is 6. The fraction of sp³-hybridized carbons (Fsp3) is 0.462. The molecular formula is C13H16N4O4S. The number of nitrogens with zero attached hydrogens (tertiary/aromatic N) is 3. The van der Waals surface area contributed by atoms with E-state index < -0.39 is 26.5 Å². The summed E-state index contributed by atoms with van der Waals surface area (Å²) in [6, 6.07) is 6.16. The highest BCUT2D eigenvalue weighted by Gasteiger charge is 2.38. The lowest BCUT2D eigenvalue weighted by Gasteiger charge is -2.40. The molecule has 0 aliphatic carbocycles. The lowest BCUT2D eigenvalue weighted by atomic mass is 10.0. The van der Waals surface area contributed by atoms with Crippen LogP contribution >= 0.6 is 0 Å². The molecule has 0 bridgehead atoms. The van der Waals surface area contributed by atoms with E-state index in [0.717, 1.165) is 12.1 Å². The molecule has 0 radical (unpaired) electrons. The molecule has 0 saturated carbocycles. The summed E-state index contributed by atoms with van der Waals surface area (Å²) in [5, 5.41) is 22.8. The van der Waals surface area contributed by atoms with Crippen LogP contribution in [-0.2, 0) is 10.0 Å². The summed E-state index contributed by atoms with van der Waals surface area (Å²) < 4.78 is 26.5. The smallest absolute Gasteiger partial charge is 0.269 e. The van der Waals surface area contributed by atoms with Crippen LogP contribution in [0.1, 0.15) is 13.8 Å². The molecular weight excluding hydrogens is 308 g/mol. The predicted molar refractivity (Wildman–Crippen MR) is 78.5 cm³/mol. The fourth-order valence-corrected chi connectivity index (χ4v) is 4.03. The van der Waals surface area contributed by atoms with Crippen molar-refractivity contribution < 1.29 is 13.3 Å². The molecule has 1 heterocycles. The third kappa shape index (κ3) is 3.24. The summed E-state index contributed by atoms with van der Waals surface area (Å²) >= 11 is 0. The lowest BCUT2D eigenvalue weighted by molar-refractivity contribution is -0.384. The molecule has 2 rings (SSSR count). The second-order valence-corrected chi connectivity index (χ2v) is 7.70. The minimum absolute atomic E-state index is 0.0208. The van der Waals surface area contributed by atoms with Crippen molar-refractivity contribution in [1.82, 2.24) is 9.62 Å². The molecule has 1 aliphatic rings. The first kappa shape index (κ1) is 16.4. The third-order valence-corrected chi connectivity index (χ3v) is 5.19. The van der Waals surface area contributed by atoms with Crippen molar-refractivity contribution in [2.75, 3.05) is 13.1 Å². The highest BCUT2D eigenvalue weighted by atomic mass is 32.2. The van der Waals surface area contributed by atoms with Crippen LogP contribution in [0.3, 0.4) is 0 Å². The van der Waals surface area contributed by atoms with Gasteiger partial charge in [-0.2, -0.15) is 9.57 Å². The van der Waals surface area contributed by atoms with Crippen LogP contribution in [-0.4, -0.2) is 42.3 Å². The molecule has 1 aliphatic heterocycles. The largest absolute Gasteiger partial charge is 0.294 e. The Bertz CT molecular complexity index is 721. The van der Waals surface area contributed by atoms with E-state index in [2.05, 4.69) is 5.32 Å². The maximum Gasteiger partial charge on any atom is 0.269 e. The van der Waals surface area contributed by atoms with E-state index in [0.29, 0.717) is 0 Å². The summed E-state index contributed by atoms with van der Waals surface area (Å²) in [6.45, 7) is 3.88. The maximum absolute atomic E-state index is 12.6. The van der Waals surface area contributed by atoms with E-state index in [1.54, 1.807) is 0 Å². The van der Waals surface area contributed by atoms with Crippen LogP contribution in [0.4, 0.5) is 5.69 Å². The number of piperazine rings is 1. The van der Waals surface area contributed by atoms with E-state index in [4.69, 9.17) is 5.26 Å². The Morgan fingerprint density at radius 2 is 2.00 bits per heavy atom. The number of sulfonamides is 1. The Labute approximate surface area is 128 Å². The van der Waals surface area contributed by atoms with Gasteiger partial charge in [-0.05, 0) is 26.0 Å². The summed E-state index contributed by atoms with van der Waals surface area (Å²) in [5.41, 5.74) is -0.707. The van der Waals surface area contributed by atoms with Gasteiger partial charge in [0, 0.05) is 30.8 Å². The average Bonchev–Trinajstić information content (AvgIpc) is 2.45. The molecule has 0 amide bonds. The Morgan fingerprint density at radius 1 is 1.41 bits per heavy atom. The minimum Gasteiger partial charge on any atom is -0.294 e. The van der Waals surface area contributed by atoms with Gasteiger partial charge < -0.3 is 0 Å². The molecule has 118 valence electrons. The van der Waals surface area contributed by atoms with E-state index in [1.165, 1.54) is 16.4 Å². The summed E-state index contributed by atoms with van der Waals surface area (Å²) in [7, 11) is -3.80. The third-order valence-electron chi connectivity index (χ3n) is 3.36. The average molecular weight is 324 g/mol. The highest BCUT2D eigenvalue weighted by molar-refractivity contribution is 7.89.